The molecule has 0 saturated carbocycles. The molecule has 0 amide bonds. The van der Waals surface area contributed by atoms with Gasteiger partial charge < -0.3 is 10.2 Å². The van der Waals surface area contributed by atoms with Gasteiger partial charge in [-0.2, -0.15) is 0 Å². The maximum absolute atomic E-state index is 4.77. The first-order valence-corrected chi connectivity index (χ1v) is 6.72. The summed E-state index contributed by atoms with van der Waals surface area (Å²) in [5.41, 5.74) is 2.47. The normalized spacial score (nSPS) is 16.2. The summed E-state index contributed by atoms with van der Waals surface area (Å²) in [6.07, 6.45) is 1.08. The number of pyridine rings is 1. The average Bonchev–Trinajstić information content (AvgIpc) is 2.47. The molecule has 0 radical (unpaired) electrons. The van der Waals surface area contributed by atoms with E-state index in [-0.39, 0.29) is 0 Å². The second-order valence-corrected chi connectivity index (χ2v) is 4.79. The molecule has 1 N–H and O–H groups in total. The van der Waals surface area contributed by atoms with Gasteiger partial charge in [0.1, 0.15) is 5.82 Å². The molecule has 94 valence electrons. The first-order valence-electron chi connectivity index (χ1n) is 6.72. The number of nitrogens with one attached hydrogen (secondary N) is 1. The molecule has 3 rings (SSSR count). The van der Waals surface area contributed by atoms with Gasteiger partial charge in [0, 0.05) is 31.6 Å². The summed E-state index contributed by atoms with van der Waals surface area (Å²) in [5, 5.41) is 4.61. The predicted molar refractivity (Wildman–Crippen MR) is 76.2 cm³/mol. The quantitative estimate of drug-likeness (QED) is 0.873. The molecule has 2 aromatic rings. The summed E-state index contributed by atoms with van der Waals surface area (Å²) in [6, 6.07) is 10.9. The van der Waals surface area contributed by atoms with Gasteiger partial charge in [-0.15, -0.1) is 0 Å². The molecule has 0 atom stereocenters. The molecule has 0 aliphatic carbocycles. The summed E-state index contributed by atoms with van der Waals surface area (Å²) in [4.78, 5) is 7.12. The fourth-order valence-corrected chi connectivity index (χ4v) is 2.45. The van der Waals surface area contributed by atoms with Crippen LogP contribution in [0.1, 0.15) is 12.5 Å². The second-order valence-electron chi connectivity index (χ2n) is 4.79. The van der Waals surface area contributed by atoms with Gasteiger partial charge in [-0.05, 0) is 36.2 Å². The molecule has 2 heterocycles. The van der Waals surface area contributed by atoms with E-state index in [1.54, 1.807) is 0 Å². The third kappa shape index (κ3) is 2.18. The molecule has 0 unspecified atom stereocenters. The van der Waals surface area contributed by atoms with Crippen LogP contribution in [0.3, 0.4) is 0 Å². The number of fused-ring (bicyclic) bond motifs is 1. The van der Waals surface area contributed by atoms with Gasteiger partial charge in [0.2, 0.25) is 0 Å². The molecular weight excluding hydrogens is 222 g/mol. The van der Waals surface area contributed by atoms with Crippen LogP contribution in [-0.4, -0.2) is 31.2 Å². The molecule has 18 heavy (non-hydrogen) atoms. The van der Waals surface area contributed by atoms with E-state index in [1.165, 1.54) is 10.9 Å². The van der Waals surface area contributed by atoms with E-state index in [4.69, 9.17) is 4.98 Å². The fourth-order valence-electron chi connectivity index (χ4n) is 2.45. The first-order chi connectivity index (χ1) is 8.86. The van der Waals surface area contributed by atoms with Crippen LogP contribution < -0.4 is 10.2 Å². The number of aryl methyl sites for hydroxylation is 1. The van der Waals surface area contributed by atoms with Gasteiger partial charge in [0.05, 0.1) is 5.52 Å². The van der Waals surface area contributed by atoms with Crippen molar-refractivity contribution in [1.29, 1.82) is 0 Å². The molecule has 1 saturated heterocycles. The molecule has 0 bridgehead atoms. The van der Waals surface area contributed by atoms with E-state index in [9.17, 15) is 0 Å². The number of anilines is 1. The Hall–Kier alpha value is -1.61. The van der Waals surface area contributed by atoms with Gasteiger partial charge in [-0.25, -0.2) is 4.98 Å². The molecule has 1 aromatic carbocycles. The van der Waals surface area contributed by atoms with Gasteiger partial charge in [0.15, 0.2) is 0 Å². The Bertz CT molecular complexity index is 544. The number of piperazine rings is 1. The molecule has 1 aliphatic rings. The van der Waals surface area contributed by atoms with Gasteiger partial charge in [-0.3, -0.25) is 0 Å². The Kier molecular flexibility index (Phi) is 3.15. The van der Waals surface area contributed by atoms with Crippen molar-refractivity contribution in [1.82, 2.24) is 10.3 Å². The lowest BCUT2D eigenvalue weighted by atomic mass is 10.1. The smallest absolute Gasteiger partial charge is 0.129 e. The second kappa shape index (κ2) is 4.94. The van der Waals surface area contributed by atoms with E-state index in [1.807, 2.05) is 0 Å². The number of aromatic nitrogens is 1. The number of benzene rings is 1. The molecule has 0 spiro atoms. The standard InChI is InChI=1S/C15H19N3/c1-2-12-3-5-14-13(11-12)4-6-15(17-14)18-9-7-16-8-10-18/h3-6,11,16H,2,7-10H2,1H3. The van der Waals surface area contributed by atoms with Crippen LogP contribution in [0.4, 0.5) is 5.82 Å². The van der Waals surface area contributed by atoms with Crippen LogP contribution in [0.15, 0.2) is 30.3 Å². The SMILES string of the molecule is CCc1ccc2nc(N3CCNCC3)ccc2c1. The van der Waals surface area contributed by atoms with E-state index in [0.717, 1.165) is 43.9 Å². The van der Waals surface area contributed by atoms with Crippen LogP contribution in [0.2, 0.25) is 0 Å². The summed E-state index contributed by atoms with van der Waals surface area (Å²) in [5.74, 6) is 1.10. The minimum atomic E-state index is 1.05. The van der Waals surface area contributed by atoms with Gasteiger partial charge in [-0.1, -0.05) is 13.0 Å². The Balaban J connectivity index is 1.95. The Morgan fingerprint density at radius 1 is 1.17 bits per heavy atom. The number of rotatable bonds is 2. The van der Waals surface area contributed by atoms with Crippen molar-refractivity contribution in [3.63, 3.8) is 0 Å². The van der Waals surface area contributed by atoms with Crippen LogP contribution in [0.5, 0.6) is 0 Å². The van der Waals surface area contributed by atoms with Gasteiger partial charge in [0.25, 0.3) is 0 Å². The van der Waals surface area contributed by atoms with Crippen molar-refractivity contribution in [3.05, 3.63) is 35.9 Å². The van der Waals surface area contributed by atoms with E-state index >= 15 is 0 Å². The highest BCUT2D eigenvalue weighted by atomic mass is 15.2. The monoisotopic (exact) mass is 241 g/mol. The average molecular weight is 241 g/mol. The highest BCUT2D eigenvalue weighted by Crippen LogP contribution is 2.19. The zero-order valence-electron chi connectivity index (χ0n) is 10.8. The largest absolute Gasteiger partial charge is 0.354 e. The molecule has 1 fully saturated rings. The zero-order valence-corrected chi connectivity index (χ0v) is 10.8. The Morgan fingerprint density at radius 3 is 2.78 bits per heavy atom. The van der Waals surface area contributed by atoms with Gasteiger partial charge >= 0.3 is 0 Å². The van der Waals surface area contributed by atoms with Crippen molar-refractivity contribution in [3.8, 4) is 0 Å². The highest BCUT2D eigenvalue weighted by molar-refractivity contribution is 5.81. The third-order valence-corrected chi connectivity index (χ3v) is 3.59. The highest BCUT2D eigenvalue weighted by Gasteiger charge is 2.11. The lowest BCUT2D eigenvalue weighted by Gasteiger charge is -2.28. The predicted octanol–water partition coefficient (Wildman–Crippen LogP) is 2.21. The number of nitrogens with zero attached hydrogens (tertiary/aromatic N) is 2. The summed E-state index contributed by atoms with van der Waals surface area (Å²) in [6.45, 7) is 6.38. The van der Waals surface area contributed by atoms with E-state index in [0.29, 0.717) is 0 Å². The van der Waals surface area contributed by atoms with E-state index in [2.05, 4.69) is 47.5 Å². The summed E-state index contributed by atoms with van der Waals surface area (Å²) < 4.78 is 0. The Morgan fingerprint density at radius 2 is 2.00 bits per heavy atom. The van der Waals surface area contributed by atoms with Crippen LogP contribution in [0.25, 0.3) is 10.9 Å². The number of hydrogen-bond donors (Lipinski definition) is 1. The van der Waals surface area contributed by atoms with Crippen molar-refractivity contribution in [2.45, 2.75) is 13.3 Å². The lowest BCUT2D eigenvalue weighted by molar-refractivity contribution is 0.585. The summed E-state index contributed by atoms with van der Waals surface area (Å²) in [7, 11) is 0. The van der Waals surface area contributed by atoms with Crippen LogP contribution >= 0.6 is 0 Å². The van der Waals surface area contributed by atoms with Crippen molar-refractivity contribution in [2.24, 2.45) is 0 Å². The molecule has 3 nitrogen and oxygen atoms in total. The third-order valence-electron chi connectivity index (χ3n) is 3.59. The van der Waals surface area contributed by atoms with Crippen molar-refractivity contribution < 1.29 is 0 Å². The molecule has 1 aromatic heterocycles. The molecular formula is C15H19N3. The maximum atomic E-state index is 4.77. The fraction of sp³-hybridized carbons (Fsp3) is 0.400. The topological polar surface area (TPSA) is 28.2 Å². The molecule has 1 aliphatic heterocycles. The van der Waals surface area contributed by atoms with Crippen molar-refractivity contribution >= 4 is 16.7 Å². The summed E-state index contributed by atoms with van der Waals surface area (Å²) >= 11 is 0. The minimum Gasteiger partial charge on any atom is -0.354 e. The van der Waals surface area contributed by atoms with E-state index < -0.39 is 0 Å². The zero-order chi connectivity index (χ0) is 12.4. The Labute approximate surface area is 108 Å². The van der Waals surface area contributed by atoms with Crippen LogP contribution in [-0.2, 0) is 6.42 Å². The minimum absolute atomic E-state index is 1.05. The maximum Gasteiger partial charge on any atom is 0.129 e. The molecule has 3 heteroatoms. The lowest BCUT2D eigenvalue weighted by Crippen LogP contribution is -2.43. The first kappa shape index (κ1) is 11.5. The number of hydrogen-bond acceptors (Lipinski definition) is 3. The van der Waals surface area contributed by atoms with Crippen LogP contribution in [0, 0.1) is 0 Å². The van der Waals surface area contributed by atoms with Crippen molar-refractivity contribution in [2.75, 3.05) is 31.1 Å².